The fourth-order valence-corrected chi connectivity index (χ4v) is 0.844. The number of nitrogens with one attached hydrogen (secondary N) is 2. The van der Waals surface area contributed by atoms with Crippen molar-refractivity contribution in [2.75, 3.05) is 6.54 Å². The monoisotopic (exact) mass is 150 g/mol. The highest BCUT2D eigenvalue weighted by atomic mass is 14.9. The van der Waals surface area contributed by atoms with Crippen LogP contribution in [0.1, 0.15) is 13.3 Å². The van der Waals surface area contributed by atoms with Crippen LogP contribution in [0.5, 0.6) is 0 Å². The van der Waals surface area contributed by atoms with E-state index in [4.69, 9.17) is 0 Å². The summed E-state index contributed by atoms with van der Waals surface area (Å²) in [4.78, 5) is 0. The zero-order valence-corrected chi connectivity index (χ0v) is 6.80. The molecule has 2 nitrogen and oxygen atoms in total. The molecule has 0 radical (unpaired) electrons. The SMILES string of the molecule is CCCNC1=CC=CNC=C1. The molecule has 0 aromatic carbocycles. The minimum absolute atomic E-state index is 1.03. The Morgan fingerprint density at radius 2 is 2.36 bits per heavy atom. The van der Waals surface area contributed by atoms with Gasteiger partial charge in [0.15, 0.2) is 0 Å². The lowest BCUT2D eigenvalue weighted by Crippen LogP contribution is -2.12. The molecule has 0 bridgehead atoms. The number of hydrogen-bond acceptors (Lipinski definition) is 2. The summed E-state index contributed by atoms with van der Waals surface area (Å²) in [7, 11) is 0. The standard InChI is InChI=1S/C9H14N2/c1-2-6-11-9-4-3-7-10-8-5-9/h3-5,7-8,10-11H,2,6H2,1H3. The van der Waals surface area contributed by atoms with Crippen LogP contribution in [0.2, 0.25) is 0 Å². The van der Waals surface area contributed by atoms with Gasteiger partial charge in [0.2, 0.25) is 0 Å². The summed E-state index contributed by atoms with van der Waals surface area (Å²) in [6.07, 6.45) is 11.0. The fraction of sp³-hybridized carbons (Fsp3) is 0.333. The van der Waals surface area contributed by atoms with Crippen LogP contribution in [0.4, 0.5) is 0 Å². The van der Waals surface area contributed by atoms with Crippen molar-refractivity contribution in [3.8, 4) is 0 Å². The van der Waals surface area contributed by atoms with Crippen molar-refractivity contribution in [3.63, 3.8) is 0 Å². The normalized spacial score (nSPS) is 15.2. The highest BCUT2D eigenvalue weighted by Crippen LogP contribution is 1.95. The quantitative estimate of drug-likeness (QED) is 0.637. The van der Waals surface area contributed by atoms with Crippen LogP contribution in [0.25, 0.3) is 0 Å². The van der Waals surface area contributed by atoms with E-state index in [1.54, 1.807) is 0 Å². The van der Waals surface area contributed by atoms with Crippen LogP contribution in [-0.2, 0) is 0 Å². The van der Waals surface area contributed by atoms with Gasteiger partial charge in [-0.3, -0.25) is 0 Å². The Kier molecular flexibility index (Phi) is 3.32. The van der Waals surface area contributed by atoms with Gasteiger partial charge in [-0.05, 0) is 24.6 Å². The Bertz CT molecular complexity index is 190. The van der Waals surface area contributed by atoms with Gasteiger partial charge >= 0.3 is 0 Å². The molecule has 0 amide bonds. The summed E-state index contributed by atoms with van der Waals surface area (Å²) in [5, 5.41) is 6.29. The molecular weight excluding hydrogens is 136 g/mol. The Labute approximate surface area is 67.7 Å². The first kappa shape index (κ1) is 7.92. The molecule has 0 saturated carbocycles. The maximum absolute atomic E-state index is 3.29. The molecule has 2 heteroatoms. The van der Waals surface area contributed by atoms with Crippen molar-refractivity contribution in [1.82, 2.24) is 10.6 Å². The second kappa shape index (κ2) is 4.61. The summed E-state index contributed by atoms with van der Waals surface area (Å²) in [5.41, 5.74) is 1.16. The van der Waals surface area contributed by atoms with Gasteiger partial charge in [-0.2, -0.15) is 0 Å². The molecule has 2 N–H and O–H groups in total. The second-order valence-electron chi connectivity index (χ2n) is 2.41. The van der Waals surface area contributed by atoms with E-state index in [-0.39, 0.29) is 0 Å². The third-order valence-electron chi connectivity index (χ3n) is 1.41. The van der Waals surface area contributed by atoms with Crippen LogP contribution >= 0.6 is 0 Å². The zero-order valence-electron chi connectivity index (χ0n) is 6.80. The molecule has 11 heavy (non-hydrogen) atoms. The van der Waals surface area contributed by atoms with Crippen LogP contribution in [0.3, 0.4) is 0 Å². The summed E-state index contributed by atoms with van der Waals surface area (Å²) < 4.78 is 0. The maximum atomic E-state index is 3.29. The second-order valence-corrected chi connectivity index (χ2v) is 2.41. The Morgan fingerprint density at radius 3 is 3.18 bits per heavy atom. The lowest BCUT2D eigenvalue weighted by Gasteiger charge is -2.02. The van der Waals surface area contributed by atoms with Crippen molar-refractivity contribution >= 4 is 0 Å². The molecule has 0 atom stereocenters. The predicted molar refractivity (Wildman–Crippen MR) is 47.8 cm³/mol. The molecule has 0 unspecified atom stereocenters. The first-order valence-electron chi connectivity index (χ1n) is 3.97. The lowest BCUT2D eigenvalue weighted by atomic mass is 10.3. The van der Waals surface area contributed by atoms with Crippen molar-refractivity contribution < 1.29 is 0 Å². The smallest absolute Gasteiger partial charge is 0.0355 e. The topological polar surface area (TPSA) is 24.1 Å². The highest BCUT2D eigenvalue weighted by molar-refractivity contribution is 5.24. The Balaban J connectivity index is 2.42. The summed E-state index contributed by atoms with van der Waals surface area (Å²) in [6.45, 7) is 3.19. The Morgan fingerprint density at radius 1 is 1.45 bits per heavy atom. The lowest BCUT2D eigenvalue weighted by molar-refractivity contribution is 0.784. The summed E-state index contributed by atoms with van der Waals surface area (Å²) in [5.74, 6) is 0. The van der Waals surface area contributed by atoms with E-state index in [2.05, 4.69) is 17.6 Å². The van der Waals surface area contributed by atoms with E-state index in [0.717, 1.165) is 18.7 Å². The molecule has 1 heterocycles. The molecule has 1 rings (SSSR count). The van der Waals surface area contributed by atoms with Crippen LogP contribution in [0.15, 0.2) is 36.3 Å². The van der Waals surface area contributed by atoms with E-state index in [1.807, 2.05) is 30.6 Å². The van der Waals surface area contributed by atoms with Crippen molar-refractivity contribution in [3.05, 3.63) is 36.3 Å². The van der Waals surface area contributed by atoms with Gasteiger partial charge in [0.05, 0.1) is 0 Å². The summed E-state index contributed by atoms with van der Waals surface area (Å²) >= 11 is 0. The molecule has 0 saturated heterocycles. The first-order chi connectivity index (χ1) is 5.43. The van der Waals surface area contributed by atoms with E-state index >= 15 is 0 Å². The molecule has 1 aliphatic rings. The predicted octanol–water partition coefficient (Wildman–Crippen LogP) is 1.50. The largest absolute Gasteiger partial charge is 0.385 e. The minimum atomic E-state index is 1.03. The van der Waals surface area contributed by atoms with Gasteiger partial charge in [0.1, 0.15) is 0 Å². The molecular formula is C9H14N2. The molecule has 0 fully saturated rings. The molecule has 0 spiro atoms. The average Bonchev–Trinajstić information content (AvgIpc) is 2.28. The van der Waals surface area contributed by atoms with Gasteiger partial charge < -0.3 is 10.6 Å². The molecule has 0 aromatic heterocycles. The van der Waals surface area contributed by atoms with Gasteiger partial charge in [-0.25, -0.2) is 0 Å². The fourth-order valence-electron chi connectivity index (χ4n) is 0.844. The summed E-state index contributed by atoms with van der Waals surface area (Å²) in [6, 6.07) is 0. The van der Waals surface area contributed by atoms with Gasteiger partial charge in [-0.1, -0.05) is 6.92 Å². The highest BCUT2D eigenvalue weighted by Gasteiger charge is 1.88. The van der Waals surface area contributed by atoms with E-state index in [0.29, 0.717) is 0 Å². The number of allylic oxidation sites excluding steroid dienone is 3. The van der Waals surface area contributed by atoms with Crippen LogP contribution in [0, 0.1) is 0 Å². The van der Waals surface area contributed by atoms with Crippen molar-refractivity contribution in [1.29, 1.82) is 0 Å². The van der Waals surface area contributed by atoms with E-state index in [9.17, 15) is 0 Å². The number of hydrogen-bond donors (Lipinski definition) is 2. The molecule has 0 aliphatic carbocycles. The van der Waals surface area contributed by atoms with E-state index < -0.39 is 0 Å². The maximum Gasteiger partial charge on any atom is 0.0355 e. The third kappa shape index (κ3) is 2.94. The average molecular weight is 150 g/mol. The molecule has 1 aliphatic heterocycles. The first-order valence-corrected chi connectivity index (χ1v) is 3.97. The molecule has 60 valence electrons. The van der Waals surface area contributed by atoms with Gasteiger partial charge in [0.25, 0.3) is 0 Å². The van der Waals surface area contributed by atoms with Crippen LogP contribution < -0.4 is 10.6 Å². The van der Waals surface area contributed by atoms with Gasteiger partial charge in [0, 0.05) is 24.6 Å². The zero-order chi connectivity index (χ0) is 7.94. The van der Waals surface area contributed by atoms with Crippen LogP contribution in [-0.4, -0.2) is 6.54 Å². The van der Waals surface area contributed by atoms with Crippen molar-refractivity contribution in [2.45, 2.75) is 13.3 Å². The van der Waals surface area contributed by atoms with Gasteiger partial charge in [-0.15, -0.1) is 0 Å². The van der Waals surface area contributed by atoms with E-state index in [1.165, 1.54) is 0 Å². The molecule has 0 aromatic rings. The third-order valence-corrected chi connectivity index (χ3v) is 1.41. The minimum Gasteiger partial charge on any atom is -0.385 e. The van der Waals surface area contributed by atoms with Crippen molar-refractivity contribution in [2.24, 2.45) is 0 Å². The number of rotatable bonds is 3. The Hall–Kier alpha value is -1.18.